The summed E-state index contributed by atoms with van der Waals surface area (Å²) in [5.41, 5.74) is 8.97. The van der Waals surface area contributed by atoms with Crippen LogP contribution in [0.15, 0.2) is 33.8 Å². The smallest absolute Gasteiger partial charge is 0.321 e. The first-order chi connectivity index (χ1) is 6.79. The summed E-state index contributed by atoms with van der Waals surface area (Å²) in [7, 11) is 0. The van der Waals surface area contributed by atoms with Gasteiger partial charge in [0.15, 0.2) is 0 Å². The molecule has 1 heterocycles. The molecule has 0 aliphatic rings. The minimum Gasteiger partial charge on any atom is -0.702 e. The van der Waals surface area contributed by atoms with Gasteiger partial charge in [0.2, 0.25) is 5.89 Å². The van der Waals surface area contributed by atoms with Crippen molar-refractivity contribution in [2.24, 2.45) is 5.11 Å². The number of benzene rings is 1. The topological polar surface area (TPSA) is 93.8 Å². The van der Waals surface area contributed by atoms with Gasteiger partial charge in [-0.15, -0.1) is 5.10 Å². The molecule has 1 aromatic carbocycles. The van der Waals surface area contributed by atoms with E-state index in [0.29, 0.717) is 5.56 Å². The Hall–Kier alpha value is -2.24. The molecule has 0 bridgehead atoms. The van der Waals surface area contributed by atoms with E-state index in [1.54, 1.807) is 12.1 Å². The SMILES string of the molecule is [N-]=Nc1nnc(-c2ccc(O)cc2)o1. The third-order valence-electron chi connectivity index (χ3n) is 1.61. The molecule has 0 fully saturated rings. The van der Waals surface area contributed by atoms with Crippen LogP contribution in [0.1, 0.15) is 0 Å². The van der Waals surface area contributed by atoms with E-state index in [2.05, 4.69) is 15.3 Å². The fourth-order valence-corrected chi connectivity index (χ4v) is 0.977. The fourth-order valence-electron chi connectivity index (χ4n) is 0.977. The number of phenols is 1. The van der Waals surface area contributed by atoms with Gasteiger partial charge in [-0.25, -0.2) is 0 Å². The quantitative estimate of drug-likeness (QED) is 0.731. The Bertz CT molecular complexity index is 449. The number of aromatic hydroxyl groups is 1. The standard InChI is InChI=1S/C8H5N4O2/c9-10-8-12-11-7(14-8)5-1-3-6(13)4-2-5/h1-4,13H/q-1. The summed E-state index contributed by atoms with van der Waals surface area (Å²) in [6, 6.07) is 6.02. The lowest BCUT2D eigenvalue weighted by Crippen LogP contribution is -1.76. The molecule has 0 saturated carbocycles. The van der Waals surface area contributed by atoms with Crippen molar-refractivity contribution in [3.63, 3.8) is 0 Å². The van der Waals surface area contributed by atoms with Gasteiger partial charge in [0.25, 0.3) is 0 Å². The fraction of sp³-hybridized carbons (Fsp3) is 0. The highest BCUT2D eigenvalue weighted by atomic mass is 16.4. The molecule has 0 amide bonds. The lowest BCUT2D eigenvalue weighted by Gasteiger charge is -1.93. The van der Waals surface area contributed by atoms with E-state index in [4.69, 9.17) is 15.1 Å². The van der Waals surface area contributed by atoms with Gasteiger partial charge in [0.1, 0.15) is 5.75 Å². The van der Waals surface area contributed by atoms with Crippen LogP contribution in [0.2, 0.25) is 0 Å². The highest BCUT2D eigenvalue weighted by Crippen LogP contribution is 2.22. The predicted octanol–water partition coefficient (Wildman–Crippen LogP) is 2.10. The maximum absolute atomic E-state index is 9.03. The van der Waals surface area contributed by atoms with Gasteiger partial charge in [-0.3, -0.25) is 0 Å². The zero-order valence-corrected chi connectivity index (χ0v) is 6.95. The Labute approximate surface area is 78.7 Å². The van der Waals surface area contributed by atoms with Crippen LogP contribution in [0.5, 0.6) is 5.75 Å². The van der Waals surface area contributed by atoms with Crippen LogP contribution in [0.25, 0.3) is 17.0 Å². The van der Waals surface area contributed by atoms with E-state index in [1.807, 2.05) is 0 Å². The van der Waals surface area contributed by atoms with Gasteiger partial charge in [-0.2, -0.15) is 0 Å². The van der Waals surface area contributed by atoms with Crippen molar-refractivity contribution in [2.45, 2.75) is 0 Å². The third-order valence-corrected chi connectivity index (χ3v) is 1.61. The average Bonchev–Trinajstić information content (AvgIpc) is 2.67. The average molecular weight is 189 g/mol. The third kappa shape index (κ3) is 1.45. The van der Waals surface area contributed by atoms with Crippen LogP contribution < -0.4 is 0 Å². The second kappa shape index (κ2) is 3.25. The molecular weight excluding hydrogens is 184 g/mol. The summed E-state index contributed by atoms with van der Waals surface area (Å²) in [5.74, 6) is 0.387. The van der Waals surface area contributed by atoms with Crippen LogP contribution in [0.4, 0.5) is 6.01 Å². The van der Waals surface area contributed by atoms with Gasteiger partial charge >= 0.3 is 6.01 Å². The molecule has 0 aliphatic carbocycles. The largest absolute Gasteiger partial charge is 0.702 e. The van der Waals surface area contributed by atoms with Gasteiger partial charge in [0.05, 0.1) is 0 Å². The Morgan fingerprint density at radius 1 is 1.21 bits per heavy atom. The second-order valence-electron chi connectivity index (χ2n) is 2.54. The molecular formula is C8H5N4O2-. The molecule has 6 nitrogen and oxygen atoms in total. The van der Waals surface area contributed by atoms with E-state index >= 15 is 0 Å². The highest BCUT2D eigenvalue weighted by Gasteiger charge is 2.05. The van der Waals surface area contributed by atoms with Crippen LogP contribution in [-0.4, -0.2) is 15.3 Å². The summed E-state index contributed by atoms with van der Waals surface area (Å²) >= 11 is 0. The normalized spacial score (nSPS) is 10.0. The Morgan fingerprint density at radius 2 is 1.93 bits per heavy atom. The van der Waals surface area contributed by atoms with Gasteiger partial charge in [0, 0.05) is 5.56 Å². The van der Waals surface area contributed by atoms with Crippen LogP contribution in [-0.2, 0) is 0 Å². The molecule has 0 saturated heterocycles. The predicted molar refractivity (Wildman–Crippen MR) is 46.8 cm³/mol. The molecule has 14 heavy (non-hydrogen) atoms. The summed E-state index contributed by atoms with van der Waals surface area (Å²) in [6.45, 7) is 0. The zero-order chi connectivity index (χ0) is 9.97. The first-order valence-corrected chi connectivity index (χ1v) is 3.77. The molecule has 6 heteroatoms. The monoisotopic (exact) mass is 189 g/mol. The number of aromatic nitrogens is 2. The van der Waals surface area contributed by atoms with Crippen molar-refractivity contribution < 1.29 is 9.52 Å². The highest BCUT2D eigenvalue weighted by molar-refractivity contribution is 5.54. The van der Waals surface area contributed by atoms with Crippen molar-refractivity contribution in [3.8, 4) is 17.2 Å². The van der Waals surface area contributed by atoms with Crippen molar-refractivity contribution in [1.29, 1.82) is 0 Å². The number of hydrogen-bond acceptors (Lipinski definition) is 5. The lowest BCUT2D eigenvalue weighted by atomic mass is 10.2. The van der Waals surface area contributed by atoms with Crippen molar-refractivity contribution in [2.75, 3.05) is 0 Å². The summed E-state index contributed by atoms with van der Waals surface area (Å²) in [5, 5.41) is 18.8. The van der Waals surface area contributed by atoms with Crippen LogP contribution >= 0.6 is 0 Å². The maximum atomic E-state index is 9.03. The van der Waals surface area contributed by atoms with Gasteiger partial charge in [-0.1, -0.05) is 5.10 Å². The van der Waals surface area contributed by atoms with Crippen LogP contribution in [0.3, 0.4) is 0 Å². The first kappa shape index (κ1) is 8.36. The molecule has 0 radical (unpaired) electrons. The number of phenolic OH excluding ortho intramolecular Hbond substituents is 1. The molecule has 2 rings (SSSR count). The van der Waals surface area contributed by atoms with E-state index < -0.39 is 0 Å². The molecule has 0 unspecified atom stereocenters. The lowest BCUT2D eigenvalue weighted by molar-refractivity contribution is 0.475. The van der Waals surface area contributed by atoms with Crippen molar-refractivity contribution in [3.05, 3.63) is 29.8 Å². The van der Waals surface area contributed by atoms with Crippen molar-refractivity contribution >= 4 is 6.01 Å². The van der Waals surface area contributed by atoms with Crippen LogP contribution in [0, 0.1) is 0 Å². The maximum Gasteiger partial charge on any atom is 0.321 e. The Kier molecular flexibility index (Phi) is 1.94. The Balaban J connectivity index is 2.39. The zero-order valence-electron chi connectivity index (χ0n) is 6.95. The Morgan fingerprint density at radius 3 is 2.50 bits per heavy atom. The van der Waals surface area contributed by atoms with E-state index in [-0.39, 0.29) is 17.7 Å². The number of rotatable bonds is 2. The van der Waals surface area contributed by atoms with E-state index in [0.717, 1.165) is 0 Å². The molecule has 1 aromatic heterocycles. The number of hydrogen-bond donors (Lipinski definition) is 1. The molecule has 2 aromatic rings. The second-order valence-corrected chi connectivity index (χ2v) is 2.54. The molecule has 70 valence electrons. The minimum absolute atomic E-state index is 0.153. The van der Waals surface area contributed by atoms with Gasteiger partial charge < -0.3 is 20.2 Å². The van der Waals surface area contributed by atoms with Gasteiger partial charge in [-0.05, 0) is 24.3 Å². The summed E-state index contributed by atoms with van der Waals surface area (Å²) in [6.07, 6.45) is 0. The van der Waals surface area contributed by atoms with E-state index in [1.165, 1.54) is 12.1 Å². The number of nitrogens with zero attached hydrogens (tertiary/aromatic N) is 4. The first-order valence-electron chi connectivity index (χ1n) is 3.77. The summed E-state index contributed by atoms with van der Waals surface area (Å²) in [4.78, 5) is 0. The van der Waals surface area contributed by atoms with E-state index in [9.17, 15) is 0 Å². The molecule has 0 atom stereocenters. The van der Waals surface area contributed by atoms with Crippen molar-refractivity contribution in [1.82, 2.24) is 10.2 Å². The minimum atomic E-state index is -0.201. The molecule has 0 spiro atoms. The molecule has 0 aliphatic heterocycles. The summed E-state index contributed by atoms with van der Waals surface area (Å²) < 4.78 is 4.94. The molecule has 1 N–H and O–H groups in total.